The van der Waals surface area contributed by atoms with Crippen LogP contribution in [-0.4, -0.2) is 82.6 Å². The van der Waals surface area contributed by atoms with E-state index in [1.54, 1.807) is 0 Å². The van der Waals surface area contributed by atoms with Crippen LogP contribution in [0.2, 0.25) is 0 Å². The second kappa shape index (κ2) is 21.4. The van der Waals surface area contributed by atoms with Gasteiger partial charge in [0.15, 0.2) is 0 Å². The van der Waals surface area contributed by atoms with Gasteiger partial charge in [-0.1, -0.05) is 36.1 Å². The van der Waals surface area contributed by atoms with Crippen LogP contribution in [-0.2, 0) is 14.2 Å². The molecule has 0 heterocycles. The van der Waals surface area contributed by atoms with Gasteiger partial charge in [0.1, 0.15) is 0 Å². The summed E-state index contributed by atoms with van der Waals surface area (Å²) in [6.45, 7) is 13.0. The number of nitrogens with one attached hydrogen (secondary N) is 1. The van der Waals surface area contributed by atoms with Crippen LogP contribution in [0.5, 0.6) is 0 Å². The molecule has 0 aromatic heterocycles. The van der Waals surface area contributed by atoms with Crippen molar-refractivity contribution in [1.29, 1.82) is 0 Å². The molecule has 0 aromatic rings. The summed E-state index contributed by atoms with van der Waals surface area (Å²) in [4.78, 5) is 8.78. The van der Waals surface area contributed by atoms with E-state index >= 15 is 0 Å². The van der Waals surface area contributed by atoms with E-state index in [4.69, 9.17) is 35.9 Å². The van der Waals surface area contributed by atoms with Gasteiger partial charge in [0.2, 0.25) is 0 Å². The maximum Gasteiger partial charge on any atom is 0.0637 e. The van der Waals surface area contributed by atoms with Crippen molar-refractivity contribution in [3.05, 3.63) is 31.3 Å². The summed E-state index contributed by atoms with van der Waals surface area (Å²) in [5.41, 5.74) is 26.5. The number of azide groups is 3. The highest BCUT2D eigenvalue weighted by molar-refractivity contribution is 5.15. The fourth-order valence-corrected chi connectivity index (χ4v) is 11.1. The number of hydrogen-bond donors (Lipinski definition) is 2. The molecule has 288 valence electrons. The highest BCUT2D eigenvalue weighted by atomic mass is 16.5. The van der Waals surface area contributed by atoms with E-state index in [1.807, 2.05) is 0 Å². The Morgan fingerprint density at radius 3 is 2.08 bits per heavy atom. The molecule has 0 amide bonds. The van der Waals surface area contributed by atoms with Gasteiger partial charge in [-0.05, 0) is 160 Å². The molecule has 4 saturated carbocycles. The summed E-state index contributed by atoms with van der Waals surface area (Å²) in [5, 5.41) is 23.9. The molecule has 0 spiro atoms. The normalized spacial score (nSPS) is 34.6. The Balaban J connectivity index is 1.55. The zero-order valence-corrected chi connectivity index (χ0v) is 31.7. The molecular formula is C37H66N10O4. The van der Waals surface area contributed by atoms with Crippen LogP contribution in [0.3, 0.4) is 0 Å². The lowest BCUT2D eigenvalue weighted by atomic mass is 9.43. The van der Waals surface area contributed by atoms with Crippen molar-refractivity contribution in [1.82, 2.24) is 5.32 Å². The Bertz CT molecular complexity index is 1190. The number of unbranched alkanes of at least 4 members (excludes halogenated alkanes) is 1. The molecule has 4 aliphatic rings. The van der Waals surface area contributed by atoms with E-state index in [9.17, 15) is 0 Å². The first-order chi connectivity index (χ1) is 24.8. The van der Waals surface area contributed by atoms with E-state index in [2.05, 4.69) is 56.2 Å². The molecule has 0 radical (unpaired) electrons. The monoisotopic (exact) mass is 715 g/mol. The van der Waals surface area contributed by atoms with Crippen LogP contribution < -0.4 is 5.32 Å². The number of fused-ring (bicyclic) bond motifs is 5. The molecular weight excluding hydrogens is 648 g/mol. The van der Waals surface area contributed by atoms with Crippen LogP contribution in [0.25, 0.3) is 31.3 Å². The van der Waals surface area contributed by atoms with Gasteiger partial charge in [0.05, 0.1) is 18.3 Å². The highest BCUT2D eigenvalue weighted by Crippen LogP contribution is 2.69. The van der Waals surface area contributed by atoms with Gasteiger partial charge in [-0.15, -0.1) is 0 Å². The van der Waals surface area contributed by atoms with Crippen molar-refractivity contribution in [2.45, 2.75) is 129 Å². The smallest absolute Gasteiger partial charge is 0.0637 e. The van der Waals surface area contributed by atoms with E-state index < -0.39 is 0 Å². The van der Waals surface area contributed by atoms with Gasteiger partial charge in [-0.2, -0.15) is 0 Å². The predicted molar refractivity (Wildman–Crippen MR) is 199 cm³/mol. The van der Waals surface area contributed by atoms with E-state index in [0.29, 0.717) is 75.0 Å². The molecule has 11 atom stereocenters. The topological polar surface area (TPSA) is 206 Å². The lowest BCUT2D eigenvalue weighted by molar-refractivity contribution is -0.227. The Hall–Kier alpha value is -2.27. The largest absolute Gasteiger partial charge is 0.396 e. The number of nitrogens with zero attached hydrogens (tertiary/aromatic N) is 9. The molecule has 0 aliphatic heterocycles. The zero-order chi connectivity index (χ0) is 36.5. The number of ether oxygens (including phenoxy) is 3. The van der Waals surface area contributed by atoms with Crippen molar-refractivity contribution in [2.24, 2.45) is 61.7 Å². The average Bonchev–Trinajstić information content (AvgIpc) is 3.49. The fourth-order valence-electron chi connectivity index (χ4n) is 11.1. The van der Waals surface area contributed by atoms with Gasteiger partial charge in [0, 0.05) is 66.2 Å². The first-order valence-corrected chi connectivity index (χ1v) is 20.0. The quantitative estimate of drug-likeness (QED) is 0.0433. The van der Waals surface area contributed by atoms with Crippen molar-refractivity contribution in [3.8, 4) is 0 Å². The number of aliphatic hydroxyl groups is 1. The minimum Gasteiger partial charge on any atom is -0.396 e. The summed E-state index contributed by atoms with van der Waals surface area (Å²) in [6.07, 6.45) is 14.5. The molecule has 14 nitrogen and oxygen atoms in total. The minimum atomic E-state index is 0.0236. The summed E-state index contributed by atoms with van der Waals surface area (Å²) in [7, 11) is 0. The first-order valence-electron chi connectivity index (χ1n) is 20.0. The second-order valence-corrected chi connectivity index (χ2v) is 16.3. The summed E-state index contributed by atoms with van der Waals surface area (Å²) in [6, 6.07) is 0. The first kappa shape index (κ1) is 41.5. The van der Waals surface area contributed by atoms with Crippen molar-refractivity contribution >= 4 is 0 Å². The van der Waals surface area contributed by atoms with E-state index in [0.717, 1.165) is 83.7 Å². The molecule has 4 rings (SSSR count). The molecule has 0 aromatic carbocycles. The third kappa shape index (κ3) is 10.7. The Labute approximate surface area is 305 Å². The van der Waals surface area contributed by atoms with Gasteiger partial charge in [-0.3, -0.25) is 0 Å². The second-order valence-electron chi connectivity index (χ2n) is 16.3. The van der Waals surface area contributed by atoms with E-state index in [1.165, 1.54) is 19.3 Å². The average molecular weight is 715 g/mol. The van der Waals surface area contributed by atoms with Crippen molar-refractivity contribution < 1.29 is 19.3 Å². The summed E-state index contributed by atoms with van der Waals surface area (Å²) < 4.78 is 20.3. The van der Waals surface area contributed by atoms with Crippen LogP contribution in [0.4, 0.5) is 0 Å². The summed E-state index contributed by atoms with van der Waals surface area (Å²) in [5.74, 6) is 3.04. The minimum absolute atomic E-state index is 0.0236. The molecule has 2 N–H and O–H groups in total. The van der Waals surface area contributed by atoms with Gasteiger partial charge in [-0.25, -0.2) is 0 Å². The van der Waals surface area contributed by atoms with Crippen LogP contribution in [0.1, 0.15) is 111 Å². The lowest BCUT2D eigenvalue weighted by Crippen LogP contribution is -2.63. The molecule has 0 bridgehead atoms. The number of hydrogen-bond acceptors (Lipinski definition) is 8. The Morgan fingerprint density at radius 2 is 1.41 bits per heavy atom. The maximum atomic E-state index is 9.09. The van der Waals surface area contributed by atoms with Crippen molar-refractivity contribution in [2.75, 3.05) is 59.2 Å². The molecule has 0 saturated heterocycles. The zero-order valence-electron chi connectivity index (χ0n) is 31.7. The van der Waals surface area contributed by atoms with Crippen LogP contribution in [0, 0.1) is 46.3 Å². The highest BCUT2D eigenvalue weighted by Gasteiger charge is 2.66. The third-order valence-electron chi connectivity index (χ3n) is 13.6. The Kier molecular flexibility index (Phi) is 17.4. The maximum absolute atomic E-state index is 9.09. The molecule has 14 heteroatoms. The van der Waals surface area contributed by atoms with Gasteiger partial charge >= 0.3 is 0 Å². The van der Waals surface area contributed by atoms with Crippen molar-refractivity contribution in [3.63, 3.8) is 0 Å². The summed E-state index contributed by atoms with van der Waals surface area (Å²) >= 11 is 0. The van der Waals surface area contributed by atoms with Gasteiger partial charge < -0.3 is 24.6 Å². The lowest BCUT2D eigenvalue weighted by Gasteiger charge is -2.65. The molecule has 4 unspecified atom stereocenters. The van der Waals surface area contributed by atoms with Gasteiger partial charge in [0.25, 0.3) is 0 Å². The fraction of sp³-hybridized carbons (Fsp3) is 1.00. The molecule has 51 heavy (non-hydrogen) atoms. The molecule has 4 fully saturated rings. The standard InChI is InChI=1S/C37H66N10O4/c1-27(10-6-16-41-15-4-5-20-48)30-11-12-31-35-32(26-34(37(30,31)3)51-23-9-19-44-47-40)36(2)14-13-29(49-21-7-17-42-45-38)24-28(36)25-33(35)50-22-8-18-43-46-39/h27-35,41,48H,4-26H2,1-3H3/t27?,28?,29-,30?,31+,32+,33-,34+,35?,36+,37-/m1/s1. The number of aliphatic hydroxyl groups excluding tert-OH is 1. The predicted octanol–water partition coefficient (Wildman–Crippen LogP) is 8.90. The molecule has 4 aliphatic carbocycles. The number of rotatable bonds is 24. The Morgan fingerprint density at radius 1 is 0.765 bits per heavy atom. The SMILES string of the molecule is CC(CCCNCCCCO)C1CC[C@H]2C3[C@H](OCCCN=[N+]=[N-])CC4C[C@H](OCCCN=[N+]=[N-])CC[C@]4(C)[C@H]3C[C@H](OCCCN=[N+]=[N-])[C@]12C. The third-order valence-corrected chi connectivity index (χ3v) is 13.6. The van der Waals surface area contributed by atoms with Crippen LogP contribution in [0.15, 0.2) is 15.3 Å². The van der Waals surface area contributed by atoms with E-state index in [-0.39, 0.29) is 35.7 Å². The van der Waals surface area contributed by atoms with Crippen LogP contribution >= 0.6 is 0 Å².